The molecule has 0 radical (unpaired) electrons. The summed E-state index contributed by atoms with van der Waals surface area (Å²) in [7, 11) is -3.77. The number of nitrogens with zero attached hydrogens (tertiary/aromatic N) is 2. The highest BCUT2D eigenvalue weighted by atomic mass is 32.2. The standard InChI is InChI=1S/C17H20N4O3S.C2HF3O2/c1-11-8-14-13(6-7-18-16(14)21-11)12-4-5-15(19-9-12)25(23,24)20-10-17(2,3)22;3-2(4,5)1(6)7/h4-9,20,22H,10H2,1-3H3,(H,18,21);(H,6,7). The number of sulfonamides is 1. The number of alkyl halides is 3. The van der Waals surface area contributed by atoms with Crippen LogP contribution >= 0.6 is 0 Å². The Bertz CT molecular complexity index is 1200. The van der Waals surface area contributed by atoms with Crippen molar-refractivity contribution in [1.29, 1.82) is 0 Å². The van der Waals surface area contributed by atoms with Gasteiger partial charge in [-0.1, -0.05) is 0 Å². The fourth-order valence-electron chi connectivity index (χ4n) is 2.45. The molecule has 0 unspecified atom stereocenters. The highest BCUT2D eigenvalue weighted by Crippen LogP contribution is 2.28. The molecule has 13 heteroatoms. The van der Waals surface area contributed by atoms with E-state index in [1.54, 1.807) is 12.3 Å². The Morgan fingerprint density at radius 3 is 2.31 bits per heavy atom. The van der Waals surface area contributed by atoms with Crippen molar-refractivity contribution in [3.63, 3.8) is 0 Å². The van der Waals surface area contributed by atoms with Crippen LogP contribution in [0.15, 0.2) is 41.7 Å². The molecule has 3 aromatic rings. The fourth-order valence-corrected chi connectivity index (χ4v) is 3.58. The largest absolute Gasteiger partial charge is 0.490 e. The molecular formula is C19H21F3N4O5S. The van der Waals surface area contributed by atoms with Gasteiger partial charge in [0.1, 0.15) is 5.65 Å². The first-order valence-electron chi connectivity index (χ1n) is 9.03. The van der Waals surface area contributed by atoms with Crippen LogP contribution in [0.3, 0.4) is 0 Å². The lowest BCUT2D eigenvalue weighted by molar-refractivity contribution is -0.192. The molecule has 0 saturated heterocycles. The number of fused-ring (bicyclic) bond motifs is 1. The number of carboxylic acid groups (broad SMARTS) is 1. The van der Waals surface area contributed by atoms with Crippen LogP contribution in [0, 0.1) is 6.92 Å². The number of pyridine rings is 2. The molecule has 3 heterocycles. The number of H-pyrrole nitrogens is 1. The van der Waals surface area contributed by atoms with Gasteiger partial charge in [-0.2, -0.15) is 13.2 Å². The van der Waals surface area contributed by atoms with Crippen molar-refractivity contribution >= 4 is 27.0 Å². The lowest BCUT2D eigenvalue weighted by Gasteiger charge is -2.17. The maximum Gasteiger partial charge on any atom is 0.490 e. The van der Waals surface area contributed by atoms with Crippen LogP contribution in [0.5, 0.6) is 0 Å². The van der Waals surface area contributed by atoms with Gasteiger partial charge in [0.15, 0.2) is 5.03 Å². The van der Waals surface area contributed by atoms with E-state index in [0.29, 0.717) is 0 Å². The van der Waals surface area contributed by atoms with Crippen LogP contribution in [-0.4, -0.2) is 57.9 Å². The Hall–Kier alpha value is -3.03. The smallest absolute Gasteiger partial charge is 0.475 e. The predicted octanol–water partition coefficient (Wildman–Crippen LogP) is 2.62. The number of aliphatic carboxylic acids is 1. The molecule has 0 saturated carbocycles. The molecule has 3 rings (SSSR count). The lowest BCUT2D eigenvalue weighted by Crippen LogP contribution is -2.38. The minimum absolute atomic E-state index is 0.0870. The molecular weight excluding hydrogens is 453 g/mol. The topological polar surface area (TPSA) is 145 Å². The number of carbonyl (C=O) groups is 1. The van der Waals surface area contributed by atoms with Crippen LogP contribution < -0.4 is 4.72 Å². The monoisotopic (exact) mass is 474 g/mol. The van der Waals surface area contributed by atoms with Crippen LogP contribution in [-0.2, 0) is 14.8 Å². The molecule has 0 atom stereocenters. The molecule has 0 aromatic carbocycles. The molecule has 0 fully saturated rings. The Labute approximate surface area is 181 Å². The second-order valence-corrected chi connectivity index (χ2v) is 9.11. The number of halogens is 3. The number of aliphatic hydroxyl groups is 1. The van der Waals surface area contributed by atoms with Crippen LogP contribution in [0.4, 0.5) is 13.2 Å². The van der Waals surface area contributed by atoms with Gasteiger partial charge in [-0.3, -0.25) is 0 Å². The summed E-state index contributed by atoms with van der Waals surface area (Å²) in [6.07, 6.45) is -1.86. The first-order valence-corrected chi connectivity index (χ1v) is 10.5. The Morgan fingerprint density at radius 2 is 1.81 bits per heavy atom. The van der Waals surface area contributed by atoms with Gasteiger partial charge in [0.2, 0.25) is 0 Å². The predicted molar refractivity (Wildman–Crippen MR) is 109 cm³/mol. The van der Waals surface area contributed by atoms with Gasteiger partial charge in [-0.15, -0.1) is 0 Å². The van der Waals surface area contributed by atoms with E-state index >= 15 is 0 Å². The third-order valence-corrected chi connectivity index (χ3v) is 5.24. The summed E-state index contributed by atoms with van der Waals surface area (Å²) in [5.74, 6) is -2.76. The van der Waals surface area contributed by atoms with Gasteiger partial charge in [-0.25, -0.2) is 27.9 Å². The SMILES string of the molecule is Cc1cc2c(-c3ccc(S(=O)(=O)NCC(C)(C)O)nc3)ccnc2[nH]1.O=C(O)C(F)(F)F. The van der Waals surface area contributed by atoms with Crippen molar-refractivity contribution in [2.75, 3.05) is 6.54 Å². The van der Waals surface area contributed by atoms with E-state index in [2.05, 4.69) is 19.7 Å². The van der Waals surface area contributed by atoms with E-state index in [4.69, 9.17) is 9.90 Å². The van der Waals surface area contributed by atoms with E-state index in [9.17, 15) is 26.7 Å². The Morgan fingerprint density at radius 1 is 1.19 bits per heavy atom. The number of aromatic amines is 1. The summed E-state index contributed by atoms with van der Waals surface area (Å²) in [6.45, 7) is 4.92. The van der Waals surface area contributed by atoms with Gasteiger partial charge >= 0.3 is 12.1 Å². The van der Waals surface area contributed by atoms with E-state index in [0.717, 1.165) is 27.9 Å². The van der Waals surface area contributed by atoms with Gasteiger partial charge in [0, 0.05) is 35.6 Å². The van der Waals surface area contributed by atoms with Crippen molar-refractivity contribution in [1.82, 2.24) is 19.7 Å². The van der Waals surface area contributed by atoms with Gasteiger partial charge < -0.3 is 15.2 Å². The van der Waals surface area contributed by atoms with E-state index in [1.165, 1.54) is 26.1 Å². The highest BCUT2D eigenvalue weighted by molar-refractivity contribution is 7.89. The second-order valence-electron chi connectivity index (χ2n) is 7.40. The van der Waals surface area contributed by atoms with Crippen LogP contribution in [0.25, 0.3) is 22.2 Å². The molecule has 32 heavy (non-hydrogen) atoms. The van der Waals surface area contributed by atoms with Crippen molar-refractivity contribution in [3.8, 4) is 11.1 Å². The first kappa shape index (κ1) is 25.2. The Balaban J connectivity index is 0.000000451. The summed E-state index contributed by atoms with van der Waals surface area (Å²) in [6, 6.07) is 7.02. The molecule has 0 aliphatic rings. The van der Waals surface area contributed by atoms with Crippen LogP contribution in [0.1, 0.15) is 19.5 Å². The maximum absolute atomic E-state index is 12.2. The third-order valence-electron chi connectivity index (χ3n) is 3.93. The summed E-state index contributed by atoms with van der Waals surface area (Å²) in [5, 5.41) is 17.7. The van der Waals surface area contributed by atoms with Crippen molar-refractivity contribution in [2.24, 2.45) is 0 Å². The number of hydrogen-bond donors (Lipinski definition) is 4. The maximum atomic E-state index is 12.2. The van der Waals surface area contributed by atoms with Gasteiger partial charge in [0.05, 0.1) is 5.60 Å². The average molecular weight is 474 g/mol. The second kappa shape index (κ2) is 9.22. The molecule has 0 aliphatic heterocycles. The number of nitrogens with one attached hydrogen (secondary N) is 2. The molecule has 174 valence electrons. The lowest BCUT2D eigenvalue weighted by atomic mass is 10.1. The first-order chi connectivity index (χ1) is 14.6. The summed E-state index contributed by atoms with van der Waals surface area (Å²) in [5.41, 5.74) is 2.36. The number of aryl methyl sites for hydroxylation is 1. The molecule has 0 bridgehead atoms. The zero-order valence-corrected chi connectivity index (χ0v) is 18.0. The molecule has 3 aromatic heterocycles. The summed E-state index contributed by atoms with van der Waals surface area (Å²) >= 11 is 0. The zero-order chi connectivity index (χ0) is 24.3. The average Bonchev–Trinajstić information content (AvgIpc) is 3.06. The van der Waals surface area contributed by atoms with Gasteiger partial charge in [0.25, 0.3) is 10.0 Å². The molecule has 9 nitrogen and oxygen atoms in total. The van der Waals surface area contributed by atoms with Crippen molar-refractivity contribution in [2.45, 2.75) is 37.6 Å². The molecule has 0 aliphatic carbocycles. The molecule has 4 N–H and O–H groups in total. The third kappa shape index (κ3) is 6.73. The minimum atomic E-state index is -5.08. The van der Waals surface area contributed by atoms with Crippen molar-refractivity contribution in [3.05, 3.63) is 42.4 Å². The fraction of sp³-hybridized carbons (Fsp3) is 0.316. The normalized spacial score (nSPS) is 12.3. The molecule has 0 amide bonds. The Kier molecular flexibility index (Phi) is 7.27. The number of hydrogen-bond acceptors (Lipinski definition) is 6. The van der Waals surface area contributed by atoms with Crippen LogP contribution in [0.2, 0.25) is 0 Å². The van der Waals surface area contributed by atoms with E-state index < -0.39 is 27.8 Å². The van der Waals surface area contributed by atoms with E-state index in [1.807, 2.05) is 19.1 Å². The number of aromatic nitrogens is 3. The quantitative estimate of drug-likeness (QED) is 0.445. The number of rotatable bonds is 5. The van der Waals surface area contributed by atoms with E-state index in [-0.39, 0.29) is 11.6 Å². The summed E-state index contributed by atoms with van der Waals surface area (Å²) in [4.78, 5) is 20.4. The highest BCUT2D eigenvalue weighted by Gasteiger charge is 2.38. The summed E-state index contributed by atoms with van der Waals surface area (Å²) < 4.78 is 58.6. The van der Waals surface area contributed by atoms with Crippen molar-refractivity contribution < 1.29 is 36.6 Å². The zero-order valence-electron chi connectivity index (χ0n) is 17.2. The van der Waals surface area contributed by atoms with Gasteiger partial charge in [-0.05, 0) is 50.6 Å². The minimum Gasteiger partial charge on any atom is -0.475 e. The number of carboxylic acids is 1. The molecule has 0 spiro atoms.